The second-order valence-electron chi connectivity index (χ2n) is 6.02. The minimum Gasteiger partial charge on any atom is -0.439 e. The van der Waals surface area contributed by atoms with Gasteiger partial charge < -0.3 is 9.72 Å². The molecule has 0 radical (unpaired) electrons. The molecule has 0 spiro atoms. The van der Waals surface area contributed by atoms with Gasteiger partial charge in [0.2, 0.25) is 5.88 Å². The lowest BCUT2D eigenvalue weighted by Gasteiger charge is -2.08. The molecule has 0 atom stereocenters. The first-order valence-corrected chi connectivity index (χ1v) is 8.56. The molecule has 0 fully saturated rings. The zero-order chi connectivity index (χ0) is 18.8. The molecule has 0 saturated carbocycles. The number of nitrogens with zero attached hydrogens (tertiary/aromatic N) is 3. The van der Waals surface area contributed by atoms with Crippen molar-refractivity contribution in [2.75, 3.05) is 0 Å². The second kappa shape index (κ2) is 6.81. The molecule has 132 valence electrons. The number of H-pyrrole nitrogens is 1. The van der Waals surface area contributed by atoms with Crippen LogP contribution in [0.2, 0.25) is 0 Å². The smallest absolute Gasteiger partial charge is 0.331 e. The fourth-order valence-electron chi connectivity index (χ4n) is 3.03. The number of hydrogen-bond acceptors (Lipinski definition) is 4. The Bertz CT molecular complexity index is 1210. The summed E-state index contributed by atoms with van der Waals surface area (Å²) in [4.78, 5) is 19.4. The lowest BCUT2D eigenvalue weighted by molar-refractivity contribution is 0.462. The van der Waals surface area contributed by atoms with E-state index in [2.05, 4.69) is 16.0 Å². The molecule has 6 nitrogen and oxygen atoms in total. The van der Waals surface area contributed by atoms with E-state index < -0.39 is 0 Å². The predicted octanol–water partition coefficient (Wildman–Crippen LogP) is 3.94. The fourth-order valence-corrected chi connectivity index (χ4v) is 3.03. The third kappa shape index (κ3) is 3.07. The molecule has 0 saturated heterocycles. The van der Waals surface area contributed by atoms with Crippen molar-refractivity contribution in [3.8, 4) is 23.4 Å². The van der Waals surface area contributed by atoms with Crippen LogP contribution in [-0.2, 0) is 6.42 Å². The molecule has 2 aromatic carbocycles. The van der Waals surface area contributed by atoms with Crippen LogP contribution in [-0.4, -0.2) is 14.5 Å². The third-order valence-corrected chi connectivity index (χ3v) is 4.37. The van der Waals surface area contributed by atoms with Crippen LogP contribution in [0.4, 0.5) is 0 Å². The number of hydrogen-bond donors (Lipinski definition) is 1. The van der Waals surface area contributed by atoms with Crippen molar-refractivity contribution in [1.82, 2.24) is 14.5 Å². The number of rotatable bonds is 4. The van der Waals surface area contributed by atoms with Crippen LogP contribution < -0.4 is 10.4 Å². The van der Waals surface area contributed by atoms with Gasteiger partial charge in [-0.3, -0.25) is 4.57 Å². The number of nitrogens with one attached hydrogen (secondary N) is 1. The molecule has 0 amide bonds. The molecule has 0 unspecified atom stereocenters. The van der Waals surface area contributed by atoms with E-state index in [1.807, 2.05) is 37.3 Å². The van der Waals surface area contributed by atoms with E-state index in [4.69, 9.17) is 10.00 Å². The first-order chi connectivity index (χ1) is 13.2. The summed E-state index contributed by atoms with van der Waals surface area (Å²) in [6.45, 7) is 1.99. The monoisotopic (exact) mass is 356 g/mol. The van der Waals surface area contributed by atoms with Crippen LogP contribution in [0, 0.1) is 11.3 Å². The molecule has 0 aliphatic carbocycles. The Morgan fingerprint density at radius 3 is 2.78 bits per heavy atom. The Hall–Kier alpha value is -3.85. The molecule has 4 aromatic rings. The Morgan fingerprint density at radius 2 is 2.04 bits per heavy atom. The van der Waals surface area contributed by atoms with Gasteiger partial charge in [0.15, 0.2) is 0 Å². The minimum atomic E-state index is -0.216. The summed E-state index contributed by atoms with van der Waals surface area (Å²) >= 11 is 0. The van der Waals surface area contributed by atoms with Crippen molar-refractivity contribution in [2.45, 2.75) is 13.3 Å². The highest BCUT2D eigenvalue weighted by atomic mass is 16.5. The third-order valence-electron chi connectivity index (χ3n) is 4.37. The predicted molar refractivity (Wildman–Crippen MR) is 102 cm³/mol. The van der Waals surface area contributed by atoms with Crippen LogP contribution in [0.3, 0.4) is 0 Å². The van der Waals surface area contributed by atoms with Crippen LogP contribution in [0.25, 0.3) is 16.7 Å². The number of fused-ring (bicyclic) bond motifs is 1. The Kier molecular flexibility index (Phi) is 4.19. The SMILES string of the molecule is CCc1cc(Oc2ccc(-n3c(=O)[nH]c4ccccc43)cn2)ccc1C#N. The van der Waals surface area contributed by atoms with Gasteiger partial charge in [-0.05, 0) is 48.4 Å². The van der Waals surface area contributed by atoms with Gasteiger partial charge >= 0.3 is 5.69 Å². The van der Waals surface area contributed by atoms with Gasteiger partial charge in [-0.1, -0.05) is 19.1 Å². The largest absolute Gasteiger partial charge is 0.439 e. The minimum absolute atomic E-state index is 0.216. The van der Waals surface area contributed by atoms with E-state index in [1.54, 1.807) is 35.0 Å². The molecule has 0 aliphatic rings. The summed E-state index contributed by atoms with van der Waals surface area (Å²) in [6, 6.07) is 18.5. The number of para-hydroxylation sites is 2. The number of aryl methyl sites for hydroxylation is 1. The van der Waals surface area contributed by atoms with Crippen molar-refractivity contribution in [1.29, 1.82) is 5.26 Å². The number of aromatic nitrogens is 3. The van der Waals surface area contributed by atoms with Crippen molar-refractivity contribution in [2.24, 2.45) is 0 Å². The van der Waals surface area contributed by atoms with E-state index in [1.165, 1.54) is 0 Å². The maximum Gasteiger partial charge on any atom is 0.331 e. The van der Waals surface area contributed by atoms with Crippen LogP contribution in [0.5, 0.6) is 11.6 Å². The summed E-state index contributed by atoms with van der Waals surface area (Å²) < 4.78 is 7.37. The number of nitriles is 1. The van der Waals surface area contributed by atoms with Gasteiger partial charge in [0, 0.05) is 6.07 Å². The van der Waals surface area contributed by atoms with Crippen molar-refractivity contribution in [3.05, 3.63) is 82.4 Å². The Morgan fingerprint density at radius 1 is 1.19 bits per heavy atom. The molecule has 2 aromatic heterocycles. The molecule has 1 N–H and O–H groups in total. The molecule has 27 heavy (non-hydrogen) atoms. The highest BCUT2D eigenvalue weighted by molar-refractivity contribution is 5.77. The first kappa shape index (κ1) is 16.6. The fraction of sp³-hybridized carbons (Fsp3) is 0.0952. The van der Waals surface area contributed by atoms with Gasteiger partial charge in [0.25, 0.3) is 0 Å². The molecule has 2 heterocycles. The topological polar surface area (TPSA) is 83.7 Å². The average Bonchev–Trinajstić information content (AvgIpc) is 3.04. The Labute approximate surface area is 155 Å². The van der Waals surface area contributed by atoms with Gasteiger partial charge in [-0.25, -0.2) is 9.78 Å². The summed E-state index contributed by atoms with van der Waals surface area (Å²) in [5.74, 6) is 1.04. The molecular weight excluding hydrogens is 340 g/mol. The highest BCUT2D eigenvalue weighted by Gasteiger charge is 2.09. The summed E-state index contributed by atoms with van der Waals surface area (Å²) in [6.07, 6.45) is 2.34. The average molecular weight is 356 g/mol. The quantitative estimate of drug-likeness (QED) is 0.600. The highest BCUT2D eigenvalue weighted by Crippen LogP contribution is 2.24. The van der Waals surface area contributed by atoms with Crippen molar-refractivity contribution < 1.29 is 4.74 Å². The van der Waals surface area contributed by atoms with E-state index in [0.717, 1.165) is 23.0 Å². The molecular formula is C21H16N4O2. The van der Waals surface area contributed by atoms with Crippen molar-refractivity contribution in [3.63, 3.8) is 0 Å². The standard InChI is InChI=1S/C21H16N4O2/c1-2-14-11-17(9-7-15(14)12-22)27-20-10-8-16(13-23-20)25-19-6-4-3-5-18(19)24-21(25)26/h3-11,13H,2H2,1H3,(H,24,26). The van der Waals surface area contributed by atoms with E-state index in [9.17, 15) is 4.79 Å². The molecule has 4 rings (SSSR count). The van der Waals surface area contributed by atoms with Gasteiger partial charge in [-0.15, -0.1) is 0 Å². The lowest BCUT2D eigenvalue weighted by atomic mass is 10.1. The zero-order valence-corrected chi connectivity index (χ0v) is 14.6. The molecule has 0 aliphatic heterocycles. The van der Waals surface area contributed by atoms with Crippen molar-refractivity contribution >= 4 is 11.0 Å². The van der Waals surface area contributed by atoms with Gasteiger partial charge in [-0.2, -0.15) is 5.26 Å². The first-order valence-electron chi connectivity index (χ1n) is 8.56. The van der Waals surface area contributed by atoms with E-state index in [0.29, 0.717) is 22.9 Å². The lowest BCUT2D eigenvalue weighted by Crippen LogP contribution is -2.14. The number of aromatic amines is 1. The van der Waals surface area contributed by atoms with E-state index in [-0.39, 0.29) is 5.69 Å². The maximum absolute atomic E-state index is 12.3. The van der Waals surface area contributed by atoms with Gasteiger partial charge in [0.05, 0.1) is 34.6 Å². The Balaban J connectivity index is 1.64. The normalized spacial score (nSPS) is 10.7. The maximum atomic E-state index is 12.3. The van der Waals surface area contributed by atoms with Crippen LogP contribution in [0.15, 0.2) is 65.6 Å². The molecule has 0 bridgehead atoms. The number of imidazole rings is 1. The number of ether oxygens (including phenoxy) is 1. The summed E-state index contributed by atoms with van der Waals surface area (Å²) in [7, 11) is 0. The number of benzene rings is 2. The zero-order valence-electron chi connectivity index (χ0n) is 14.6. The van der Waals surface area contributed by atoms with Crippen LogP contribution >= 0.6 is 0 Å². The number of pyridine rings is 1. The summed E-state index contributed by atoms with van der Waals surface area (Å²) in [5, 5.41) is 9.12. The molecule has 6 heteroatoms. The summed E-state index contributed by atoms with van der Waals surface area (Å²) in [5.41, 5.74) is 3.57. The van der Waals surface area contributed by atoms with E-state index >= 15 is 0 Å². The van der Waals surface area contributed by atoms with Crippen LogP contribution in [0.1, 0.15) is 18.1 Å². The second-order valence-corrected chi connectivity index (χ2v) is 6.02. The van der Waals surface area contributed by atoms with Gasteiger partial charge in [0.1, 0.15) is 5.75 Å².